The van der Waals surface area contributed by atoms with E-state index >= 15 is 0 Å². The molecule has 94 valence electrons. The molecule has 1 aromatic heterocycles. The lowest BCUT2D eigenvalue weighted by Gasteiger charge is -2.25. The van der Waals surface area contributed by atoms with Gasteiger partial charge in [0, 0.05) is 0 Å². The fourth-order valence-corrected chi connectivity index (χ4v) is 2.97. The van der Waals surface area contributed by atoms with Crippen molar-refractivity contribution in [2.24, 2.45) is 0 Å². The largest absolute Gasteiger partial charge is 0.496 e. The maximum Gasteiger partial charge on any atom is 0.113 e. The van der Waals surface area contributed by atoms with Gasteiger partial charge in [0.1, 0.15) is 5.76 Å². The second-order valence-corrected chi connectivity index (χ2v) is 5.24. The van der Waals surface area contributed by atoms with E-state index in [1.54, 1.807) is 11.3 Å². The molecule has 2 rings (SSSR count). The third kappa shape index (κ3) is 3.11. The van der Waals surface area contributed by atoms with Gasteiger partial charge in [-0.2, -0.15) is 11.3 Å². The Bertz CT molecular complexity index is 383. The fraction of sp³-hybridized carbons (Fsp3) is 0.571. The van der Waals surface area contributed by atoms with Crippen LogP contribution in [0, 0.1) is 6.92 Å². The molecular weight excluding hydrogens is 230 g/mol. The van der Waals surface area contributed by atoms with Gasteiger partial charge in [-0.3, -0.25) is 0 Å². The Kier molecular flexibility index (Phi) is 4.63. The summed E-state index contributed by atoms with van der Waals surface area (Å²) < 4.78 is 5.82. The Morgan fingerprint density at radius 3 is 2.94 bits per heavy atom. The van der Waals surface area contributed by atoms with Crippen LogP contribution in [0.2, 0.25) is 0 Å². The van der Waals surface area contributed by atoms with Crippen molar-refractivity contribution in [1.82, 2.24) is 5.32 Å². The SMILES string of the molecule is CCCNC(C1=CCCCO1)c1cscc1C. The lowest BCUT2D eigenvalue weighted by atomic mass is 10.0. The van der Waals surface area contributed by atoms with Crippen LogP contribution in [0.1, 0.15) is 43.4 Å². The summed E-state index contributed by atoms with van der Waals surface area (Å²) in [7, 11) is 0. The average molecular weight is 251 g/mol. The minimum atomic E-state index is 0.251. The van der Waals surface area contributed by atoms with Gasteiger partial charge in [-0.1, -0.05) is 6.92 Å². The molecule has 0 aromatic carbocycles. The van der Waals surface area contributed by atoms with Crippen molar-refractivity contribution < 1.29 is 4.74 Å². The van der Waals surface area contributed by atoms with Crippen molar-refractivity contribution >= 4 is 11.3 Å². The molecule has 1 aromatic rings. The highest BCUT2D eigenvalue weighted by molar-refractivity contribution is 7.08. The third-order valence-corrected chi connectivity index (χ3v) is 3.93. The summed E-state index contributed by atoms with van der Waals surface area (Å²) in [6, 6.07) is 0.251. The number of hydrogen-bond donors (Lipinski definition) is 1. The maximum atomic E-state index is 5.82. The molecule has 1 unspecified atom stereocenters. The number of hydrogen-bond acceptors (Lipinski definition) is 3. The van der Waals surface area contributed by atoms with Crippen LogP contribution in [0.4, 0.5) is 0 Å². The van der Waals surface area contributed by atoms with Gasteiger partial charge in [-0.15, -0.1) is 0 Å². The number of allylic oxidation sites excluding steroid dienone is 1. The predicted octanol–water partition coefficient (Wildman–Crippen LogP) is 3.79. The van der Waals surface area contributed by atoms with Gasteiger partial charge in [-0.25, -0.2) is 0 Å². The monoisotopic (exact) mass is 251 g/mol. The molecule has 1 aliphatic heterocycles. The molecule has 2 nitrogen and oxygen atoms in total. The molecule has 0 saturated heterocycles. The van der Waals surface area contributed by atoms with E-state index in [1.165, 1.54) is 11.1 Å². The molecular formula is C14H21NOS. The summed E-state index contributed by atoms with van der Waals surface area (Å²) in [6.07, 6.45) is 5.68. The van der Waals surface area contributed by atoms with E-state index < -0.39 is 0 Å². The molecule has 1 atom stereocenters. The summed E-state index contributed by atoms with van der Waals surface area (Å²) in [5.41, 5.74) is 2.73. The van der Waals surface area contributed by atoms with E-state index in [4.69, 9.17) is 4.74 Å². The second kappa shape index (κ2) is 6.22. The molecule has 0 saturated carbocycles. The highest BCUT2D eigenvalue weighted by Gasteiger charge is 2.21. The van der Waals surface area contributed by atoms with Crippen molar-refractivity contribution in [3.8, 4) is 0 Å². The molecule has 3 heteroatoms. The fourth-order valence-electron chi connectivity index (χ4n) is 2.10. The van der Waals surface area contributed by atoms with Crippen LogP contribution < -0.4 is 5.32 Å². The quantitative estimate of drug-likeness (QED) is 0.859. The summed E-state index contributed by atoms with van der Waals surface area (Å²) >= 11 is 1.77. The summed E-state index contributed by atoms with van der Waals surface area (Å²) in [4.78, 5) is 0. The van der Waals surface area contributed by atoms with Crippen molar-refractivity contribution in [2.75, 3.05) is 13.2 Å². The van der Waals surface area contributed by atoms with Crippen LogP contribution in [0.15, 0.2) is 22.6 Å². The number of aryl methyl sites for hydroxylation is 1. The van der Waals surface area contributed by atoms with E-state index in [9.17, 15) is 0 Å². The van der Waals surface area contributed by atoms with Crippen molar-refractivity contribution in [2.45, 2.75) is 39.2 Å². The van der Waals surface area contributed by atoms with Gasteiger partial charge in [-0.05, 0) is 60.7 Å². The molecule has 0 aliphatic carbocycles. The van der Waals surface area contributed by atoms with E-state index in [0.29, 0.717) is 0 Å². The lowest BCUT2D eigenvalue weighted by molar-refractivity contribution is 0.167. The first-order chi connectivity index (χ1) is 8.33. The standard InChI is InChI=1S/C14H21NOS/c1-3-7-15-14(12-10-17-9-11(12)2)13-6-4-5-8-16-13/h6,9-10,14-15H,3-5,7-8H2,1-2H3. The van der Waals surface area contributed by atoms with Gasteiger partial charge in [0.2, 0.25) is 0 Å². The van der Waals surface area contributed by atoms with Crippen LogP contribution in [0.5, 0.6) is 0 Å². The summed E-state index contributed by atoms with van der Waals surface area (Å²) in [6.45, 7) is 6.26. The highest BCUT2D eigenvalue weighted by atomic mass is 32.1. The Labute approximate surface area is 108 Å². The zero-order valence-electron chi connectivity index (χ0n) is 10.7. The Hall–Kier alpha value is -0.800. The molecule has 17 heavy (non-hydrogen) atoms. The Morgan fingerprint density at radius 2 is 2.35 bits per heavy atom. The lowest BCUT2D eigenvalue weighted by Crippen LogP contribution is -2.26. The third-order valence-electron chi connectivity index (χ3n) is 3.05. The van der Waals surface area contributed by atoms with Gasteiger partial charge >= 0.3 is 0 Å². The van der Waals surface area contributed by atoms with Crippen molar-refractivity contribution in [1.29, 1.82) is 0 Å². The molecule has 0 spiro atoms. The molecule has 0 amide bonds. The Morgan fingerprint density at radius 1 is 1.47 bits per heavy atom. The van der Waals surface area contributed by atoms with Crippen LogP contribution in [0.3, 0.4) is 0 Å². The van der Waals surface area contributed by atoms with Gasteiger partial charge < -0.3 is 10.1 Å². The normalized spacial score (nSPS) is 17.4. The highest BCUT2D eigenvalue weighted by Crippen LogP contribution is 2.30. The summed E-state index contributed by atoms with van der Waals surface area (Å²) in [5.74, 6) is 1.12. The van der Waals surface area contributed by atoms with Gasteiger partial charge in [0.15, 0.2) is 0 Å². The van der Waals surface area contributed by atoms with Crippen molar-refractivity contribution in [3.63, 3.8) is 0 Å². The number of rotatable bonds is 5. The van der Waals surface area contributed by atoms with Crippen LogP contribution in [-0.2, 0) is 4.74 Å². The predicted molar refractivity (Wildman–Crippen MR) is 73.4 cm³/mol. The van der Waals surface area contributed by atoms with Gasteiger partial charge in [0.05, 0.1) is 12.6 Å². The van der Waals surface area contributed by atoms with Crippen molar-refractivity contribution in [3.05, 3.63) is 33.7 Å². The number of thiophene rings is 1. The van der Waals surface area contributed by atoms with E-state index in [0.717, 1.165) is 38.2 Å². The first-order valence-corrected chi connectivity index (χ1v) is 7.36. The molecule has 0 bridgehead atoms. The molecule has 1 aliphatic rings. The van der Waals surface area contributed by atoms with Crippen LogP contribution in [0.25, 0.3) is 0 Å². The zero-order chi connectivity index (χ0) is 12.1. The minimum Gasteiger partial charge on any atom is -0.496 e. The molecule has 0 radical (unpaired) electrons. The van der Waals surface area contributed by atoms with Crippen LogP contribution >= 0.6 is 11.3 Å². The van der Waals surface area contributed by atoms with Crippen LogP contribution in [-0.4, -0.2) is 13.2 Å². The Balaban J connectivity index is 2.18. The first-order valence-electron chi connectivity index (χ1n) is 6.42. The van der Waals surface area contributed by atoms with E-state index in [2.05, 4.69) is 36.0 Å². The maximum absolute atomic E-state index is 5.82. The number of nitrogens with one attached hydrogen (secondary N) is 1. The van der Waals surface area contributed by atoms with E-state index in [1.807, 2.05) is 0 Å². The summed E-state index contributed by atoms with van der Waals surface area (Å²) in [5, 5.41) is 8.04. The topological polar surface area (TPSA) is 21.3 Å². The van der Waals surface area contributed by atoms with Gasteiger partial charge in [0.25, 0.3) is 0 Å². The second-order valence-electron chi connectivity index (χ2n) is 4.49. The smallest absolute Gasteiger partial charge is 0.113 e. The molecule has 2 heterocycles. The minimum absolute atomic E-state index is 0.251. The average Bonchev–Trinajstić information content (AvgIpc) is 2.78. The zero-order valence-corrected chi connectivity index (χ0v) is 11.5. The molecule has 1 N–H and O–H groups in total. The molecule has 0 fully saturated rings. The first kappa shape index (κ1) is 12.7. The number of ether oxygens (including phenoxy) is 1. The van der Waals surface area contributed by atoms with E-state index in [-0.39, 0.29) is 6.04 Å².